The molecule has 6 atom stereocenters. The maximum atomic E-state index is 14.2. The Hall–Kier alpha value is -7.10. The second kappa shape index (κ2) is 25.5. The van der Waals surface area contributed by atoms with Crippen LogP contribution in [0.1, 0.15) is 63.5 Å². The molecule has 0 aliphatic rings. The minimum atomic E-state index is -1.63. The zero-order chi connectivity index (χ0) is 46.5. The van der Waals surface area contributed by atoms with E-state index < -0.39 is 115 Å². The fraction of sp³-hybridized carbons (Fsp3) is 0.450. The number of benzene rings is 2. The van der Waals surface area contributed by atoms with Gasteiger partial charge < -0.3 is 64.4 Å². The first kappa shape index (κ1) is 51.0. The van der Waals surface area contributed by atoms with Gasteiger partial charge in [0, 0.05) is 25.7 Å². The lowest BCUT2D eigenvalue weighted by atomic mass is 9.99. The van der Waals surface area contributed by atoms with Crippen molar-refractivity contribution in [3.63, 3.8) is 0 Å². The highest BCUT2D eigenvalue weighted by Gasteiger charge is 2.34. The van der Waals surface area contributed by atoms with Gasteiger partial charge in [0.25, 0.3) is 0 Å². The summed E-state index contributed by atoms with van der Waals surface area (Å²) in [5, 5.41) is 42.4. The van der Waals surface area contributed by atoms with Crippen molar-refractivity contribution in [1.29, 1.82) is 0 Å². The van der Waals surface area contributed by atoms with Crippen LogP contribution in [0.25, 0.3) is 0 Å². The van der Waals surface area contributed by atoms with Crippen molar-refractivity contribution < 1.29 is 63.3 Å². The molecule has 0 bridgehead atoms. The highest BCUT2D eigenvalue weighted by molar-refractivity contribution is 5.98. The lowest BCUT2D eigenvalue weighted by Crippen LogP contribution is -2.60. The van der Waals surface area contributed by atoms with Crippen LogP contribution in [0, 0.1) is 5.92 Å². The Labute approximate surface area is 356 Å². The van der Waals surface area contributed by atoms with Gasteiger partial charge in [0.15, 0.2) is 0 Å². The molecule has 22 heteroatoms. The lowest BCUT2D eigenvalue weighted by molar-refractivity contribution is -0.139. The fourth-order valence-corrected chi connectivity index (χ4v) is 5.87. The molecular formula is C40H55N9O13. The smallest absolute Gasteiger partial charge is 0.322 e. The zero-order valence-electron chi connectivity index (χ0n) is 34.3. The molecule has 0 saturated carbocycles. The SMILES string of the molecule is CC(C)CC(NC(=O)C(CC(N)=O)NC(=O)C(N)CCC(=O)O)C(=O)NC(Cc1ccc(O)cc1)C(=O)NC(Cc1ccccc1)C(=O)NC(CCC(N)=O)C(=O)NCC(=O)O. The van der Waals surface area contributed by atoms with Crippen molar-refractivity contribution >= 4 is 59.2 Å². The minimum absolute atomic E-state index is 0.0316. The number of carboxylic acids is 2. The summed E-state index contributed by atoms with van der Waals surface area (Å²) >= 11 is 0. The fourth-order valence-electron chi connectivity index (χ4n) is 5.87. The Balaban J connectivity index is 2.49. The molecule has 0 radical (unpaired) electrons. The number of primary amides is 2. The van der Waals surface area contributed by atoms with E-state index in [1.807, 2.05) is 0 Å². The molecule has 62 heavy (non-hydrogen) atoms. The summed E-state index contributed by atoms with van der Waals surface area (Å²) in [5.41, 5.74) is 17.4. The van der Waals surface area contributed by atoms with Crippen molar-refractivity contribution in [2.75, 3.05) is 6.54 Å². The number of carboxylic acid groups (broad SMARTS) is 2. The van der Waals surface area contributed by atoms with E-state index in [0.29, 0.717) is 11.1 Å². The van der Waals surface area contributed by atoms with Crippen LogP contribution in [0.5, 0.6) is 5.75 Å². The third-order valence-corrected chi connectivity index (χ3v) is 9.04. The highest BCUT2D eigenvalue weighted by Crippen LogP contribution is 2.14. The van der Waals surface area contributed by atoms with Gasteiger partial charge in [-0.15, -0.1) is 0 Å². The molecule has 2 aromatic rings. The minimum Gasteiger partial charge on any atom is -0.508 e. The van der Waals surface area contributed by atoms with Crippen molar-refractivity contribution in [1.82, 2.24) is 31.9 Å². The van der Waals surface area contributed by atoms with E-state index in [1.54, 1.807) is 44.2 Å². The largest absolute Gasteiger partial charge is 0.508 e. The van der Waals surface area contributed by atoms with E-state index in [-0.39, 0.29) is 50.2 Å². The number of hydrogen-bond donors (Lipinski definition) is 12. The predicted molar refractivity (Wildman–Crippen MR) is 219 cm³/mol. The van der Waals surface area contributed by atoms with Gasteiger partial charge in [0.1, 0.15) is 42.5 Å². The van der Waals surface area contributed by atoms with Crippen LogP contribution in [0.3, 0.4) is 0 Å². The zero-order valence-corrected chi connectivity index (χ0v) is 34.3. The summed E-state index contributed by atoms with van der Waals surface area (Å²) in [5.74, 6) is -10.5. The van der Waals surface area contributed by atoms with Crippen molar-refractivity contribution in [3.8, 4) is 5.75 Å². The number of carbonyl (C=O) groups is 10. The molecule has 0 spiro atoms. The first-order chi connectivity index (χ1) is 29.1. The van der Waals surface area contributed by atoms with E-state index in [0.717, 1.165) is 0 Å². The first-order valence-corrected chi connectivity index (χ1v) is 19.5. The van der Waals surface area contributed by atoms with Crippen molar-refractivity contribution in [3.05, 3.63) is 65.7 Å². The number of hydrogen-bond acceptors (Lipinski definition) is 12. The van der Waals surface area contributed by atoms with E-state index in [2.05, 4.69) is 31.9 Å². The molecule has 0 aliphatic heterocycles. The molecular weight excluding hydrogens is 814 g/mol. The molecule has 0 aliphatic carbocycles. The molecule has 2 rings (SSSR count). The van der Waals surface area contributed by atoms with Gasteiger partial charge >= 0.3 is 11.9 Å². The third kappa shape index (κ3) is 19.3. The molecule has 0 fully saturated rings. The van der Waals surface area contributed by atoms with Gasteiger partial charge in [0.2, 0.25) is 47.3 Å². The van der Waals surface area contributed by atoms with Crippen LogP contribution in [0.4, 0.5) is 0 Å². The summed E-state index contributed by atoms with van der Waals surface area (Å²) in [7, 11) is 0. The predicted octanol–water partition coefficient (Wildman–Crippen LogP) is -2.82. The molecule has 8 amide bonds. The Morgan fingerprint density at radius 1 is 0.548 bits per heavy atom. The van der Waals surface area contributed by atoms with Crippen LogP contribution < -0.4 is 49.1 Å². The maximum Gasteiger partial charge on any atom is 0.322 e. The summed E-state index contributed by atoms with van der Waals surface area (Å²) in [6.45, 7) is 2.65. The Morgan fingerprint density at radius 3 is 1.53 bits per heavy atom. The standard InChI is InChI=1S/C40H55N9O13/c1-21(2)16-27(47-40(62)30(19-32(43)52)46-35(57)25(41)12-15-33(53)54)37(59)48-29(18-23-8-10-24(50)11-9-23)39(61)49-28(17-22-6-4-3-5-7-22)38(60)45-26(13-14-31(42)51)36(58)44-20-34(55)56/h3-11,21,25-30,50H,12-20,41H2,1-2H3,(H2,42,51)(H2,43,52)(H,44,58)(H,45,60)(H,46,57)(H,47,62)(H,48,59)(H,49,61)(H,53,54)(H,55,56). The molecule has 15 N–H and O–H groups in total. The summed E-state index contributed by atoms with van der Waals surface area (Å²) in [6.07, 6.45) is -2.58. The van der Waals surface area contributed by atoms with Crippen LogP contribution in [-0.2, 0) is 60.8 Å². The van der Waals surface area contributed by atoms with Gasteiger partial charge in [-0.25, -0.2) is 0 Å². The molecule has 6 unspecified atom stereocenters. The van der Waals surface area contributed by atoms with Crippen LogP contribution in [-0.4, -0.2) is 117 Å². The van der Waals surface area contributed by atoms with E-state index in [4.69, 9.17) is 27.4 Å². The summed E-state index contributed by atoms with van der Waals surface area (Å²) < 4.78 is 0. The number of carbonyl (C=O) groups excluding carboxylic acids is 8. The number of aromatic hydroxyl groups is 1. The topological polar surface area (TPSA) is 382 Å². The second-order valence-electron chi connectivity index (χ2n) is 14.8. The third-order valence-electron chi connectivity index (χ3n) is 9.04. The number of amides is 8. The normalized spacial score (nSPS) is 13.7. The molecule has 338 valence electrons. The van der Waals surface area contributed by atoms with Gasteiger partial charge in [-0.3, -0.25) is 47.9 Å². The van der Waals surface area contributed by atoms with Crippen LogP contribution >= 0.6 is 0 Å². The van der Waals surface area contributed by atoms with Gasteiger partial charge in [-0.1, -0.05) is 56.3 Å². The Bertz CT molecular complexity index is 1910. The maximum absolute atomic E-state index is 14.2. The number of nitrogens with one attached hydrogen (secondary N) is 6. The summed E-state index contributed by atoms with van der Waals surface area (Å²) in [4.78, 5) is 127. The number of nitrogens with two attached hydrogens (primary N) is 3. The van der Waals surface area contributed by atoms with Crippen molar-refractivity contribution in [2.45, 2.75) is 101 Å². The number of aliphatic carboxylic acids is 2. The average molecular weight is 870 g/mol. The molecule has 22 nitrogen and oxygen atoms in total. The van der Waals surface area contributed by atoms with Crippen molar-refractivity contribution in [2.24, 2.45) is 23.1 Å². The number of phenolic OH excluding ortho intramolecular Hbond substituents is 1. The first-order valence-electron chi connectivity index (χ1n) is 19.5. The number of rotatable bonds is 27. The molecule has 2 aromatic carbocycles. The van der Waals surface area contributed by atoms with Gasteiger partial charge in [-0.05, 0) is 48.4 Å². The van der Waals surface area contributed by atoms with E-state index >= 15 is 0 Å². The van der Waals surface area contributed by atoms with E-state index in [9.17, 15) is 53.1 Å². The molecule has 0 saturated heterocycles. The van der Waals surface area contributed by atoms with Gasteiger partial charge in [-0.2, -0.15) is 0 Å². The Kier molecular flexibility index (Phi) is 21.0. The monoisotopic (exact) mass is 869 g/mol. The molecule has 0 heterocycles. The second-order valence-corrected chi connectivity index (χ2v) is 14.8. The lowest BCUT2D eigenvalue weighted by Gasteiger charge is -2.28. The quantitative estimate of drug-likeness (QED) is 0.0431. The van der Waals surface area contributed by atoms with Crippen LogP contribution in [0.2, 0.25) is 0 Å². The molecule has 0 aromatic heterocycles. The number of phenols is 1. The van der Waals surface area contributed by atoms with Crippen LogP contribution in [0.15, 0.2) is 54.6 Å². The highest BCUT2D eigenvalue weighted by atomic mass is 16.4. The van der Waals surface area contributed by atoms with E-state index in [1.165, 1.54) is 24.3 Å². The summed E-state index contributed by atoms with van der Waals surface area (Å²) in [6, 6.07) is 5.19. The van der Waals surface area contributed by atoms with Gasteiger partial charge in [0.05, 0.1) is 12.5 Å². The Morgan fingerprint density at radius 2 is 1.03 bits per heavy atom. The average Bonchev–Trinajstić information content (AvgIpc) is 3.19.